The van der Waals surface area contributed by atoms with E-state index in [0.29, 0.717) is 25.4 Å². The van der Waals surface area contributed by atoms with Gasteiger partial charge in [0, 0.05) is 18.7 Å². The van der Waals surface area contributed by atoms with E-state index < -0.39 is 10.0 Å². The Kier molecular flexibility index (Phi) is 6.27. The summed E-state index contributed by atoms with van der Waals surface area (Å²) in [5.74, 6) is 0.714. The third kappa shape index (κ3) is 4.49. The highest BCUT2D eigenvalue weighted by Gasteiger charge is 2.15. The zero-order chi connectivity index (χ0) is 14.3. The van der Waals surface area contributed by atoms with Gasteiger partial charge in [-0.1, -0.05) is 6.92 Å². The maximum absolute atomic E-state index is 12.0. The topological polar surface area (TPSA) is 67.4 Å². The standard InChI is InChI=1S/C13H22N2O3S/c1-4-8-15-19(16,17)12-6-7-13(18-5-2)11(9-12)10-14-3/h6-7,9,14-15H,4-5,8,10H2,1-3H3. The lowest BCUT2D eigenvalue weighted by atomic mass is 10.2. The number of sulfonamides is 1. The summed E-state index contributed by atoms with van der Waals surface area (Å²) in [5.41, 5.74) is 0.837. The van der Waals surface area contributed by atoms with Gasteiger partial charge in [0.1, 0.15) is 5.75 Å². The molecule has 0 aromatic heterocycles. The van der Waals surface area contributed by atoms with Crippen LogP contribution in [-0.4, -0.2) is 28.6 Å². The smallest absolute Gasteiger partial charge is 0.240 e. The molecule has 108 valence electrons. The number of hydrogen-bond donors (Lipinski definition) is 2. The Labute approximate surface area is 115 Å². The number of rotatable bonds is 8. The second-order valence-corrected chi connectivity index (χ2v) is 5.90. The van der Waals surface area contributed by atoms with Crippen LogP contribution < -0.4 is 14.8 Å². The molecule has 5 nitrogen and oxygen atoms in total. The minimum Gasteiger partial charge on any atom is -0.494 e. The van der Waals surface area contributed by atoms with Crippen molar-refractivity contribution in [3.05, 3.63) is 23.8 Å². The highest BCUT2D eigenvalue weighted by molar-refractivity contribution is 7.89. The molecule has 0 saturated heterocycles. The van der Waals surface area contributed by atoms with Gasteiger partial charge in [0.15, 0.2) is 0 Å². The Morgan fingerprint density at radius 1 is 1.26 bits per heavy atom. The van der Waals surface area contributed by atoms with Crippen molar-refractivity contribution in [1.82, 2.24) is 10.0 Å². The number of nitrogens with one attached hydrogen (secondary N) is 2. The maximum Gasteiger partial charge on any atom is 0.240 e. The second-order valence-electron chi connectivity index (χ2n) is 4.13. The highest BCUT2D eigenvalue weighted by Crippen LogP contribution is 2.22. The summed E-state index contributed by atoms with van der Waals surface area (Å²) in [6, 6.07) is 4.93. The van der Waals surface area contributed by atoms with Crippen LogP contribution in [0.15, 0.2) is 23.1 Å². The van der Waals surface area contributed by atoms with Crippen molar-refractivity contribution in [1.29, 1.82) is 0 Å². The van der Waals surface area contributed by atoms with Gasteiger partial charge in [-0.05, 0) is 38.6 Å². The molecule has 0 aliphatic carbocycles. The van der Waals surface area contributed by atoms with Crippen LogP contribution in [0.1, 0.15) is 25.8 Å². The molecule has 0 heterocycles. The van der Waals surface area contributed by atoms with E-state index in [1.165, 1.54) is 0 Å². The minimum atomic E-state index is -3.43. The fraction of sp³-hybridized carbons (Fsp3) is 0.538. The van der Waals surface area contributed by atoms with Gasteiger partial charge in [-0.2, -0.15) is 0 Å². The lowest BCUT2D eigenvalue weighted by molar-refractivity contribution is 0.335. The first-order chi connectivity index (χ1) is 9.05. The summed E-state index contributed by atoms with van der Waals surface area (Å²) < 4.78 is 32.1. The molecule has 0 amide bonds. The van der Waals surface area contributed by atoms with E-state index in [9.17, 15) is 8.42 Å². The average molecular weight is 286 g/mol. The Bertz CT molecular complexity index is 501. The monoisotopic (exact) mass is 286 g/mol. The van der Waals surface area contributed by atoms with E-state index in [0.717, 1.165) is 12.0 Å². The molecule has 0 fully saturated rings. The number of hydrogen-bond acceptors (Lipinski definition) is 4. The lowest BCUT2D eigenvalue weighted by Crippen LogP contribution is -2.24. The van der Waals surface area contributed by atoms with Crippen molar-refractivity contribution in [3.8, 4) is 5.75 Å². The fourth-order valence-corrected chi connectivity index (χ4v) is 2.85. The van der Waals surface area contributed by atoms with Gasteiger partial charge in [0.05, 0.1) is 11.5 Å². The van der Waals surface area contributed by atoms with Crippen LogP contribution in [0.3, 0.4) is 0 Å². The molecule has 0 spiro atoms. The normalized spacial score (nSPS) is 11.5. The van der Waals surface area contributed by atoms with Crippen LogP contribution in [0.25, 0.3) is 0 Å². The van der Waals surface area contributed by atoms with Crippen molar-refractivity contribution in [2.24, 2.45) is 0 Å². The van der Waals surface area contributed by atoms with Crippen LogP contribution in [0.2, 0.25) is 0 Å². The predicted molar refractivity (Wildman–Crippen MR) is 75.9 cm³/mol. The Hall–Kier alpha value is -1.11. The van der Waals surface area contributed by atoms with E-state index in [2.05, 4.69) is 10.0 Å². The molecule has 0 aliphatic rings. The quantitative estimate of drug-likeness (QED) is 0.760. The van der Waals surface area contributed by atoms with Crippen LogP contribution >= 0.6 is 0 Å². The van der Waals surface area contributed by atoms with Crippen LogP contribution in [0.5, 0.6) is 5.75 Å². The highest BCUT2D eigenvalue weighted by atomic mass is 32.2. The molecule has 0 radical (unpaired) electrons. The number of benzene rings is 1. The van der Waals surface area contributed by atoms with Crippen molar-refractivity contribution < 1.29 is 13.2 Å². The Morgan fingerprint density at radius 2 is 2.00 bits per heavy atom. The van der Waals surface area contributed by atoms with Crippen molar-refractivity contribution in [3.63, 3.8) is 0 Å². The minimum absolute atomic E-state index is 0.273. The van der Waals surface area contributed by atoms with Crippen molar-refractivity contribution in [2.75, 3.05) is 20.2 Å². The third-order valence-electron chi connectivity index (χ3n) is 2.55. The molecular weight excluding hydrogens is 264 g/mol. The summed E-state index contributed by atoms with van der Waals surface area (Å²) in [6.45, 7) is 5.38. The van der Waals surface area contributed by atoms with Gasteiger partial charge in [0.2, 0.25) is 10.0 Å². The molecule has 19 heavy (non-hydrogen) atoms. The van der Waals surface area contributed by atoms with E-state index in [1.807, 2.05) is 20.9 Å². The molecule has 0 saturated carbocycles. The molecule has 2 N–H and O–H groups in total. The predicted octanol–water partition coefficient (Wildman–Crippen LogP) is 1.49. The Balaban J connectivity index is 3.06. The van der Waals surface area contributed by atoms with Crippen LogP contribution in [-0.2, 0) is 16.6 Å². The number of ether oxygens (including phenoxy) is 1. The summed E-state index contributed by atoms with van der Waals surface area (Å²) >= 11 is 0. The van der Waals surface area contributed by atoms with Gasteiger partial charge >= 0.3 is 0 Å². The molecular formula is C13H22N2O3S. The largest absolute Gasteiger partial charge is 0.494 e. The van der Waals surface area contributed by atoms with E-state index in [1.54, 1.807) is 18.2 Å². The zero-order valence-electron chi connectivity index (χ0n) is 11.7. The second kappa shape index (κ2) is 7.47. The average Bonchev–Trinajstić information content (AvgIpc) is 2.39. The fourth-order valence-electron chi connectivity index (χ4n) is 1.67. The third-order valence-corrected chi connectivity index (χ3v) is 4.01. The molecule has 0 unspecified atom stereocenters. The first-order valence-electron chi connectivity index (χ1n) is 6.45. The molecule has 6 heteroatoms. The van der Waals surface area contributed by atoms with E-state index in [-0.39, 0.29) is 4.90 Å². The van der Waals surface area contributed by atoms with Gasteiger partial charge in [-0.15, -0.1) is 0 Å². The summed E-state index contributed by atoms with van der Waals surface area (Å²) in [6.07, 6.45) is 0.764. The molecule has 0 bridgehead atoms. The summed E-state index contributed by atoms with van der Waals surface area (Å²) in [5, 5.41) is 3.01. The Morgan fingerprint density at radius 3 is 2.58 bits per heavy atom. The summed E-state index contributed by atoms with van der Waals surface area (Å²) in [7, 11) is -1.62. The molecule has 1 aromatic rings. The zero-order valence-corrected chi connectivity index (χ0v) is 12.5. The van der Waals surface area contributed by atoms with Gasteiger partial charge < -0.3 is 10.1 Å². The first-order valence-corrected chi connectivity index (χ1v) is 7.93. The van der Waals surface area contributed by atoms with Gasteiger partial charge in [-0.3, -0.25) is 0 Å². The molecule has 1 aromatic carbocycles. The van der Waals surface area contributed by atoms with Crippen molar-refractivity contribution >= 4 is 10.0 Å². The van der Waals surface area contributed by atoms with Gasteiger partial charge in [-0.25, -0.2) is 13.1 Å². The van der Waals surface area contributed by atoms with Gasteiger partial charge in [0.25, 0.3) is 0 Å². The van der Waals surface area contributed by atoms with E-state index >= 15 is 0 Å². The maximum atomic E-state index is 12.0. The first kappa shape index (κ1) is 15.9. The lowest BCUT2D eigenvalue weighted by Gasteiger charge is -2.12. The van der Waals surface area contributed by atoms with Crippen LogP contribution in [0.4, 0.5) is 0 Å². The van der Waals surface area contributed by atoms with Crippen LogP contribution in [0, 0.1) is 0 Å². The molecule has 1 rings (SSSR count). The summed E-state index contributed by atoms with van der Waals surface area (Å²) in [4.78, 5) is 0.273. The molecule has 0 atom stereocenters. The van der Waals surface area contributed by atoms with Crippen molar-refractivity contribution in [2.45, 2.75) is 31.7 Å². The SMILES string of the molecule is CCCNS(=O)(=O)c1ccc(OCC)c(CNC)c1. The molecule has 0 aliphatic heterocycles. The van der Waals surface area contributed by atoms with E-state index in [4.69, 9.17) is 4.74 Å².